The summed E-state index contributed by atoms with van der Waals surface area (Å²) < 4.78 is 0. The van der Waals surface area contributed by atoms with E-state index in [1.807, 2.05) is 0 Å². The highest BCUT2D eigenvalue weighted by atomic mass is 16.2. The van der Waals surface area contributed by atoms with Crippen LogP contribution in [0.1, 0.15) is 6.42 Å². The van der Waals surface area contributed by atoms with E-state index in [2.05, 4.69) is 15.0 Å². The number of H-pyrrole nitrogens is 1. The molecule has 1 aromatic rings. The summed E-state index contributed by atoms with van der Waals surface area (Å²) in [6, 6.07) is 2.98. The number of rotatable bonds is 3. The molecule has 2 rings (SSSR count). The molecule has 1 amide bonds. The minimum atomic E-state index is -0.203. The number of carbonyl (C=O) groups excluding carboxylic acids is 1. The highest BCUT2D eigenvalue weighted by Crippen LogP contribution is 2.23. The third-order valence-electron chi connectivity index (χ3n) is 2.69. The first-order chi connectivity index (χ1) is 8.20. The molecule has 17 heavy (non-hydrogen) atoms. The number of carbonyl (C=O) groups is 1. The van der Waals surface area contributed by atoms with Crippen LogP contribution in [-0.2, 0) is 4.79 Å². The van der Waals surface area contributed by atoms with E-state index in [4.69, 9.17) is 5.53 Å². The van der Waals surface area contributed by atoms with Crippen molar-refractivity contribution in [1.29, 1.82) is 0 Å². The van der Waals surface area contributed by atoms with Gasteiger partial charge in [0, 0.05) is 36.7 Å². The van der Waals surface area contributed by atoms with Gasteiger partial charge in [-0.25, -0.2) is 0 Å². The fourth-order valence-electron chi connectivity index (χ4n) is 1.88. The quantitative estimate of drug-likeness (QED) is 0.479. The van der Waals surface area contributed by atoms with Crippen LogP contribution in [-0.4, -0.2) is 24.0 Å². The maximum Gasteiger partial charge on any atom is 0.248 e. The van der Waals surface area contributed by atoms with Gasteiger partial charge in [0.25, 0.3) is 0 Å². The Hall–Kier alpha value is -2.27. The monoisotopic (exact) mass is 233 g/mol. The van der Waals surface area contributed by atoms with Gasteiger partial charge in [-0.1, -0.05) is 5.11 Å². The Bertz CT molecular complexity index is 511. The van der Waals surface area contributed by atoms with Crippen molar-refractivity contribution in [3.8, 4) is 0 Å². The molecule has 7 nitrogen and oxygen atoms in total. The first kappa shape index (κ1) is 11.2. The van der Waals surface area contributed by atoms with Crippen LogP contribution in [0.3, 0.4) is 0 Å². The Labute approximate surface area is 96.7 Å². The lowest BCUT2D eigenvalue weighted by Gasteiger charge is -2.15. The largest absolute Gasteiger partial charge is 0.327 e. The van der Waals surface area contributed by atoms with Crippen LogP contribution in [0.2, 0.25) is 0 Å². The SMILES string of the molecule is [N-]=[N+]=NCC1CC(=O)N(c2ccc(=O)[nH]c2)C1. The molecule has 1 aromatic heterocycles. The van der Waals surface area contributed by atoms with Crippen LogP contribution in [0.5, 0.6) is 0 Å². The first-order valence-electron chi connectivity index (χ1n) is 5.20. The van der Waals surface area contributed by atoms with Crippen molar-refractivity contribution in [2.24, 2.45) is 11.0 Å². The lowest BCUT2D eigenvalue weighted by molar-refractivity contribution is -0.117. The zero-order valence-corrected chi connectivity index (χ0v) is 9.04. The second-order valence-corrected chi connectivity index (χ2v) is 3.90. The third kappa shape index (κ3) is 2.46. The number of azide groups is 1. The molecule has 1 saturated heterocycles. The highest BCUT2D eigenvalue weighted by Gasteiger charge is 2.29. The number of nitrogens with zero attached hydrogens (tertiary/aromatic N) is 4. The highest BCUT2D eigenvalue weighted by molar-refractivity contribution is 5.95. The zero-order chi connectivity index (χ0) is 12.3. The van der Waals surface area contributed by atoms with Gasteiger partial charge in [-0.05, 0) is 17.5 Å². The van der Waals surface area contributed by atoms with E-state index in [0.29, 0.717) is 25.2 Å². The van der Waals surface area contributed by atoms with Crippen molar-refractivity contribution in [3.63, 3.8) is 0 Å². The summed E-state index contributed by atoms with van der Waals surface area (Å²) in [5.41, 5.74) is 8.69. The number of anilines is 1. The van der Waals surface area contributed by atoms with E-state index < -0.39 is 0 Å². The molecule has 1 N–H and O–H groups in total. The molecule has 1 atom stereocenters. The van der Waals surface area contributed by atoms with Crippen LogP contribution < -0.4 is 10.5 Å². The molecule has 0 aliphatic carbocycles. The smallest absolute Gasteiger partial charge is 0.248 e. The van der Waals surface area contributed by atoms with Crippen molar-refractivity contribution in [2.75, 3.05) is 18.0 Å². The summed E-state index contributed by atoms with van der Waals surface area (Å²) in [7, 11) is 0. The van der Waals surface area contributed by atoms with Gasteiger partial charge in [0.1, 0.15) is 0 Å². The standard InChI is InChI=1S/C10H11N5O2/c11-14-13-4-7-3-10(17)15(6-7)8-1-2-9(16)12-5-8/h1-2,5,7H,3-4,6H2,(H,12,16). The first-order valence-corrected chi connectivity index (χ1v) is 5.20. The molecule has 0 aromatic carbocycles. The number of hydrogen-bond acceptors (Lipinski definition) is 3. The Morgan fingerprint density at radius 2 is 2.35 bits per heavy atom. The van der Waals surface area contributed by atoms with E-state index in [1.54, 1.807) is 11.0 Å². The molecule has 1 unspecified atom stereocenters. The number of amides is 1. The summed E-state index contributed by atoms with van der Waals surface area (Å²) in [6.45, 7) is 0.839. The number of aromatic nitrogens is 1. The predicted molar refractivity (Wildman–Crippen MR) is 61.5 cm³/mol. The van der Waals surface area contributed by atoms with Crippen molar-refractivity contribution >= 4 is 11.6 Å². The van der Waals surface area contributed by atoms with E-state index in [1.165, 1.54) is 12.3 Å². The van der Waals surface area contributed by atoms with Crippen LogP contribution in [0.4, 0.5) is 5.69 Å². The summed E-state index contributed by atoms with van der Waals surface area (Å²) in [4.78, 5) is 29.4. The summed E-state index contributed by atoms with van der Waals surface area (Å²) >= 11 is 0. The number of pyridine rings is 1. The van der Waals surface area contributed by atoms with Crippen LogP contribution in [0, 0.1) is 5.92 Å². The molecule has 0 radical (unpaired) electrons. The molecule has 1 aliphatic heterocycles. The fourth-order valence-corrected chi connectivity index (χ4v) is 1.88. The van der Waals surface area contributed by atoms with Crippen molar-refractivity contribution in [3.05, 3.63) is 39.1 Å². The van der Waals surface area contributed by atoms with Crippen LogP contribution in [0.25, 0.3) is 10.4 Å². The van der Waals surface area contributed by atoms with Crippen LogP contribution in [0.15, 0.2) is 28.2 Å². The average Bonchev–Trinajstić information content (AvgIpc) is 2.69. The molecule has 1 aliphatic rings. The Kier molecular flexibility index (Phi) is 3.11. The van der Waals surface area contributed by atoms with Gasteiger partial charge in [0.05, 0.1) is 5.69 Å². The summed E-state index contributed by atoms with van der Waals surface area (Å²) in [5.74, 6) is 0.0283. The van der Waals surface area contributed by atoms with Gasteiger partial charge < -0.3 is 9.88 Å². The Balaban J connectivity index is 2.12. The van der Waals surface area contributed by atoms with Crippen LogP contribution >= 0.6 is 0 Å². The second kappa shape index (κ2) is 4.71. The summed E-state index contributed by atoms with van der Waals surface area (Å²) in [5, 5.41) is 3.47. The molecule has 0 spiro atoms. The lowest BCUT2D eigenvalue weighted by Crippen LogP contribution is -2.25. The van der Waals surface area contributed by atoms with Gasteiger partial charge in [0.2, 0.25) is 11.5 Å². The predicted octanol–water partition coefficient (Wildman–Crippen LogP) is 1.04. The van der Waals surface area contributed by atoms with Gasteiger partial charge in [0.15, 0.2) is 0 Å². The van der Waals surface area contributed by atoms with Gasteiger partial charge >= 0.3 is 0 Å². The maximum absolute atomic E-state index is 11.7. The molecular formula is C10H11N5O2. The molecule has 2 heterocycles. The Morgan fingerprint density at radius 1 is 1.53 bits per heavy atom. The van der Waals surface area contributed by atoms with E-state index in [-0.39, 0.29) is 17.4 Å². The molecule has 1 fully saturated rings. The molecule has 0 saturated carbocycles. The molecule has 88 valence electrons. The van der Waals surface area contributed by atoms with Gasteiger partial charge in [-0.15, -0.1) is 0 Å². The molecule has 7 heteroatoms. The van der Waals surface area contributed by atoms with Crippen molar-refractivity contribution in [2.45, 2.75) is 6.42 Å². The third-order valence-corrected chi connectivity index (χ3v) is 2.69. The number of aromatic amines is 1. The minimum absolute atomic E-state index is 0.0183. The summed E-state index contributed by atoms with van der Waals surface area (Å²) in [6.07, 6.45) is 1.88. The number of nitrogens with one attached hydrogen (secondary N) is 1. The Morgan fingerprint density at radius 3 is 3.00 bits per heavy atom. The fraction of sp³-hybridized carbons (Fsp3) is 0.400. The number of hydrogen-bond donors (Lipinski definition) is 1. The average molecular weight is 233 g/mol. The molecule has 0 bridgehead atoms. The normalized spacial score (nSPS) is 19.2. The zero-order valence-electron chi connectivity index (χ0n) is 9.04. The van der Waals surface area contributed by atoms with Crippen molar-refractivity contribution < 1.29 is 4.79 Å². The van der Waals surface area contributed by atoms with Crippen molar-refractivity contribution in [1.82, 2.24) is 4.98 Å². The van der Waals surface area contributed by atoms with Gasteiger partial charge in [-0.2, -0.15) is 0 Å². The van der Waals surface area contributed by atoms with Gasteiger partial charge in [-0.3, -0.25) is 9.59 Å². The lowest BCUT2D eigenvalue weighted by atomic mass is 10.1. The van der Waals surface area contributed by atoms with E-state index in [9.17, 15) is 9.59 Å². The van der Waals surface area contributed by atoms with E-state index >= 15 is 0 Å². The second-order valence-electron chi connectivity index (χ2n) is 3.90. The van der Waals surface area contributed by atoms with E-state index in [0.717, 1.165) is 0 Å². The topological polar surface area (TPSA) is 102 Å². The minimum Gasteiger partial charge on any atom is -0.327 e. The molecular weight excluding hydrogens is 222 g/mol. The maximum atomic E-state index is 11.7.